The van der Waals surface area contributed by atoms with Crippen LogP contribution in [0.25, 0.3) is 0 Å². The normalized spacial score (nSPS) is 14.3. The van der Waals surface area contributed by atoms with E-state index in [1.807, 2.05) is 36.1 Å². The number of benzene rings is 2. The molecule has 0 spiro atoms. The molecule has 0 bridgehead atoms. The van der Waals surface area contributed by atoms with Gasteiger partial charge >= 0.3 is 0 Å². The van der Waals surface area contributed by atoms with Gasteiger partial charge in [0.15, 0.2) is 0 Å². The van der Waals surface area contributed by atoms with E-state index in [0.29, 0.717) is 45.6 Å². The van der Waals surface area contributed by atoms with Crippen LogP contribution in [0.15, 0.2) is 48.5 Å². The molecule has 160 valence electrons. The topological polar surface area (TPSA) is 49.9 Å². The van der Waals surface area contributed by atoms with Crippen LogP contribution in [0, 0.1) is 12.7 Å². The summed E-state index contributed by atoms with van der Waals surface area (Å²) in [5.74, 6) is 0.635. The summed E-state index contributed by atoms with van der Waals surface area (Å²) in [6.07, 6.45) is 2.12. The molecular weight excluding hydrogens is 383 g/mol. The number of carbonyl (C=O) groups excluding carboxylic acids is 2. The lowest BCUT2D eigenvalue weighted by Gasteiger charge is -2.22. The minimum atomic E-state index is -0.306. The number of ether oxygens (including phenoxy) is 1. The van der Waals surface area contributed by atoms with Crippen molar-refractivity contribution in [3.8, 4) is 5.75 Å². The van der Waals surface area contributed by atoms with Crippen molar-refractivity contribution in [1.29, 1.82) is 0 Å². The fourth-order valence-corrected chi connectivity index (χ4v) is 3.51. The van der Waals surface area contributed by atoms with Crippen LogP contribution in [0.1, 0.15) is 30.4 Å². The van der Waals surface area contributed by atoms with Gasteiger partial charge in [-0.05, 0) is 49.6 Å². The molecule has 0 atom stereocenters. The smallest absolute Gasteiger partial charge is 0.227 e. The largest absolute Gasteiger partial charge is 0.494 e. The highest BCUT2D eigenvalue weighted by molar-refractivity contribution is 5.79. The minimum Gasteiger partial charge on any atom is -0.494 e. The Hall–Kier alpha value is -2.89. The van der Waals surface area contributed by atoms with Crippen molar-refractivity contribution in [2.24, 2.45) is 0 Å². The second kappa shape index (κ2) is 10.8. The standard InChI is InChI=1S/C24H29FN2O3/c1-19-5-11-22(12-6-19)30-17-2-4-23(28)26-13-3-14-27(16-15-26)24(29)18-20-7-9-21(25)10-8-20/h5-12H,2-4,13-18H2,1H3. The zero-order chi connectivity index (χ0) is 21.3. The zero-order valence-electron chi connectivity index (χ0n) is 17.5. The highest BCUT2D eigenvalue weighted by Crippen LogP contribution is 2.13. The molecule has 3 rings (SSSR count). The molecule has 2 aromatic carbocycles. The first-order chi connectivity index (χ1) is 14.5. The summed E-state index contributed by atoms with van der Waals surface area (Å²) in [6, 6.07) is 13.9. The van der Waals surface area contributed by atoms with Crippen molar-refractivity contribution >= 4 is 11.8 Å². The Kier molecular flexibility index (Phi) is 7.82. The first-order valence-corrected chi connectivity index (χ1v) is 10.5. The molecule has 1 aliphatic heterocycles. The SMILES string of the molecule is Cc1ccc(OCCCC(=O)N2CCCN(C(=O)Cc3ccc(F)cc3)CC2)cc1. The maximum absolute atomic E-state index is 13.0. The number of hydrogen-bond donors (Lipinski definition) is 0. The molecule has 0 unspecified atom stereocenters. The van der Waals surface area contributed by atoms with Crippen molar-refractivity contribution in [2.75, 3.05) is 32.8 Å². The Morgan fingerprint density at radius 2 is 1.53 bits per heavy atom. The fourth-order valence-electron chi connectivity index (χ4n) is 3.51. The molecular formula is C24H29FN2O3. The van der Waals surface area contributed by atoms with Crippen LogP contribution in [-0.4, -0.2) is 54.4 Å². The van der Waals surface area contributed by atoms with Crippen LogP contribution in [0.4, 0.5) is 4.39 Å². The first-order valence-electron chi connectivity index (χ1n) is 10.5. The molecule has 1 fully saturated rings. The third kappa shape index (κ3) is 6.58. The van der Waals surface area contributed by atoms with Gasteiger partial charge < -0.3 is 14.5 Å². The number of amides is 2. The van der Waals surface area contributed by atoms with E-state index in [1.165, 1.54) is 17.7 Å². The molecule has 6 heteroatoms. The second-order valence-electron chi connectivity index (χ2n) is 7.68. The molecule has 1 aliphatic rings. The molecule has 0 saturated carbocycles. The van der Waals surface area contributed by atoms with Crippen LogP contribution < -0.4 is 4.74 Å². The quantitative estimate of drug-likeness (QED) is 0.653. The van der Waals surface area contributed by atoms with Crippen LogP contribution >= 0.6 is 0 Å². The molecule has 5 nitrogen and oxygen atoms in total. The molecule has 0 aliphatic carbocycles. The summed E-state index contributed by atoms with van der Waals surface area (Å²) in [7, 11) is 0. The lowest BCUT2D eigenvalue weighted by molar-refractivity contribution is -0.133. The Morgan fingerprint density at radius 1 is 0.900 bits per heavy atom. The molecule has 0 radical (unpaired) electrons. The van der Waals surface area contributed by atoms with E-state index < -0.39 is 0 Å². The number of aryl methyl sites for hydroxylation is 1. The van der Waals surface area contributed by atoms with Crippen molar-refractivity contribution in [3.05, 3.63) is 65.5 Å². The van der Waals surface area contributed by atoms with Crippen LogP contribution in [0.2, 0.25) is 0 Å². The van der Waals surface area contributed by atoms with Gasteiger partial charge in [0.2, 0.25) is 11.8 Å². The maximum atomic E-state index is 13.0. The van der Waals surface area contributed by atoms with E-state index in [9.17, 15) is 14.0 Å². The van der Waals surface area contributed by atoms with Gasteiger partial charge in [0.25, 0.3) is 0 Å². The Bertz CT molecular complexity index is 837. The summed E-state index contributed by atoms with van der Waals surface area (Å²) < 4.78 is 18.7. The predicted molar refractivity (Wildman–Crippen MR) is 114 cm³/mol. The van der Waals surface area contributed by atoms with E-state index in [-0.39, 0.29) is 24.1 Å². The van der Waals surface area contributed by atoms with Crippen molar-refractivity contribution in [2.45, 2.75) is 32.6 Å². The summed E-state index contributed by atoms with van der Waals surface area (Å²) >= 11 is 0. The summed E-state index contributed by atoms with van der Waals surface area (Å²) in [5.41, 5.74) is 1.98. The van der Waals surface area contributed by atoms with E-state index in [0.717, 1.165) is 17.7 Å². The van der Waals surface area contributed by atoms with Gasteiger partial charge in [0.1, 0.15) is 11.6 Å². The van der Waals surface area contributed by atoms with Gasteiger partial charge in [-0.2, -0.15) is 0 Å². The highest BCUT2D eigenvalue weighted by Gasteiger charge is 2.21. The van der Waals surface area contributed by atoms with Crippen molar-refractivity contribution < 1.29 is 18.7 Å². The van der Waals surface area contributed by atoms with Gasteiger partial charge in [-0.1, -0.05) is 29.8 Å². The zero-order valence-corrected chi connectivity index (χ0v) is 17.5. The Morgan fingerprint density at radius 3 is 2.20 bits per heavy atom. The number of nitrogens with zero attached hydrogens (tertiary/aromatic N) is 2. The van der Waals surface area contributed by atoms with E-state index in [2.05, 4.69) is 0 Å². The second-order valence-corrected chi connectivity index (χ2v) is 7.68. The third-order valence-corrected chi connectivity index (χ3v) is 5.29. The number of halogens is 1. The van der Waals surface area contributed by atoms with E-state index in [4.69, 9.17) is 4.74 Å². The van der Waals surface area contributed by atoms with Crippen LogP contribution in [0.3, 0.4) is 0 Å². The summed E-state index contributed by atoms with van der Waals surface area (Å²) in [6.45, 7) is 4.92. The minimum absolute atomic E-state index is 0.0161. The molecule has 1 saturated heterocycles. The highest BCUT2D eigenvalue weighted by atomic mass is 19.1. The summed E-state index contributed by atoms with van der Waals surface area (Å²) in [5, 5.41) is 0. The maximum Gasteiger partial charge on any atom is 0.227 e. The van der Waals surface area contributed by atoms with Gasteiger partial charge in [-0.3, -0.25) is 9.59 Å². The average molecular weight is 413 g/mol. The van der Waals surface area contributed by atoms with Crippen LogP contribution in [0.5, 0.6) is 5.75 Å². The first kappa shape index (κ1) is 21.8. The lowest BCUT2D eigenvalue weighted by atomic mass is 10.1. The molecule has 1 heterocycles. The molecule has 2 aromatic rings. The van der Waals surface area contributed by atoms with Gasteiger partial charge in [0.05, 0.1) is 13.0 Å². The third-order valence-electron chi connectivity index (χ3n) is 5.29. The Labute approximate surface area is 177 Å². The van der Waals surface area contributed by atoms with Crippen LogP contribution in [-0.2, 0) is 16.0 Å². The van der Waals surface area contributed by atoms with E-state index >= 15 is 0 Å². The molecule has 30 heavy (non-hydrogen) atoms. The number of rotatable bonds is 7. The lowest BCUT2D eigenvalue weighted by Crippen LogP contribution is -2.38. The van der Waals surface area contributed by atoms with Gasteiger partial charge in [0, 0.05) is 32.6 Å². The average Bonchev–Trinajstić information content (AvgIpc) is 3.00. The predicted octanol–water partition coefficient (Wildman–Crippen LogP) is 3.60. The Balaban J connectivity index is 1.39. The molecule has 0 aromatic heterocycles. The summed E-state index contributed by atoms with van der Waals surface area (Å²) in [4.78, 5) is 28.7. The van der Waals surface area contributed by atoms with Crippen molar-refractivity contribution in [3.63, 3.8) is 0 Å². The van der Waals surface area contributed by atoms with E-state index in [1.54, 1.807) is 17.0 Å². The number of hydrogen-bond acceptors (Lipinski definition) is 3. The molecule has 2 amide bonds. The van der Waals surface area contributed by atoms with Crippen molar-refractivity contribution in [1.82, 2.24) is 9.80 Å². The molecule has 0 N–H and O–H groups in total. The van der Waals surface area contributed by atoms with Gasteiger partial charge in [-0.15, -0.1) is 0 Å². The fraction of sp³-hybridized carbons (Fsp3) is 0.417. The number of carbonyl (C=O) groups is 2. The van der Waals surface area contributed by atoms with Gasteiger partial charge in [-0.25, -0.2) is 4.39 Å². The monoisotopic (exact) mass is 412 g/mol.